The summed E-state index contributed by atoms with van der Waals surface area (Å²) in [6.45, 7) is 0.0518. The molecule has 138 valence electrons. The van der Waals surface area contributed by atoms with Gasteiger partial charge < -0.3 is 9.84 Å². The Hall–Kier alpha value is -3.13. The normalized spacial score (nSPS) is 15.4. The van der Waals surface area contributed by atoms with Gasteiger partial charge in [0, 0.05) is 0 Å². The predicted octanol–water partition coefficient (Wildman–Crippen LogP) is 3.92. The summed E-state index contributed by atoms with van der Waals surface area (Å²) in [5.74, 6) is -1.69. The number of ether oxygens (including phenoxy) is 1. The number of benzene rings is 2. The molecule has 2 aromatic carbocycles. The van der Waals surface area contributed by atoms with Gasteiger partial charge in [-0.3, -0.25) is 14.4 Å². The van der Waals surface area contributed by atoms with Crippen molar-refractivity contribution in [2.75, 3.05) is 11.5 Å². The number of imide groups is 1. The van der Waals surface area contributed by atoms with Gasteiger partial charge in [-0.15, -0.1) is 0 Å². The van der Waals surface area contributed by atoms with Crippen molar-refractivity contribution in [3.8, 4) is 5.75 Å². The largest absolute Gasteiger partial charge is 0.493 e. The van der Waals surface area contributed by atoms with Crippen molar-refractivity contribution in [1.29, 1.82) is 0 Å². The van der Waals surface area contributed by atoms with Crippen LogP contribution in [0.5, 0.6) is 5.75 Å². The van der Waals surface area contributed by atoms with Crippen molar-refractivity contribution in [3.05, 3.63) is 64.8 Å². The van der Waals surface area contributed by atoms with Crippen molar-refractivity contribution in [1.82, 2.24) is 0 Å². The Morgan fingerprint density at radius 3 is 2.52 bits per heavy atom. The quantitative estimate of drug-likeness (QED) is 0.757. The molecule has 8 heteroatoms. The topological polar surface area (TPSA) is 83.9 Å². The lowest BCUT2D eigenvalue weighted by molar-refractivity contribution is -0.137. The first kappa shape index (κ1) is 18.7. The molecule has 1 aliphatic rings. The van der Waals surface area contributed by atoms with Crippen LogP contribution in [0.2, 0.25) is 0 Å². The Morgan fingerprint density at radius 1 is 1.15 bits per heavy atom. The second-order valence-corrected chi connectivity index (χ2v) is 6.52. The van der Waals surface area contributed by atoms with Crippen LogP contribution < -0.4 is 9.64 Å². The lowest BCUT2D eigenvalue weighted by Gasteiger charge is -2.12. The summed E-state index contributed by atoms with van der Waals surface area (Å²) in [5.41, 5.74) is 0.574. The van der Waals surface area contributed by atoms with E-state index in [2.05, 4.69) is 0 Å². The maximum absolute atomic E-state index is 13.9. The number of thioether (sulfide) groups is 1. The number of amides is 2. The summed E-state index contributed by atoms with van der Waals surface area (Å²) < 4.78 is 19.2. The number of anilines is 1. The van der Waals surface area contributed by atoms with E-state index in [1.54, 1.807) is 30.3 Å². The molecular formula is C19H14FNO5S. The molecule has 0 aromatic heterocycles. The molecule has 0 atom stereocenters. The smallest absolute Gasteiger partial charge is 0.306 e. The van der Waals surface area contributed by atoms with Crippen LogP contribution in [0, 0.1) is 5.82 Å². The number of para-hydroxylation sites is 1. The zero-order valence-electron chi connectivity index (χ0n) is 13.9. The van der Waals surface area contributed by atoms with Gasteiger partial charge in [0.05, 0.1) is 23.6 Å². The molecule has 3 rings (SSSR count). The summed E-state index contributed by atoms with van der Waals surface area (Å²) in [6.07, 6.45) is 1.43. The third-order valence-electron chi connectivity index (χ3n) is 3.65. The molecule has 2 aromatic rings. The van der Waals surface area contributed by atoms with Crippen LogP contribution >= 0.6 is 11.8 Å². The number of rotatable bonds is 6. The Bertz CT molecular complexity index is 926. The standard InChI is InChI=1S/C19H14FNO5S/c20-14-3-1-2-4-15(14)21-18(24)16(27-19(21)25)11-12-5-7-13(8-6-12)26-10-9-17(22)23/h1-8,11H,9-10H2,(H,22,23)/b16-11+. The molecule has 1 heterocycles. The Labute approximate surface area is 158 Å². The van der Waals surface area contributed by atoms with Gasteiger partial charge in [0.1, 0.15) is 11.6 Å². The molecule has 1 aliphatic heterocycles. The maximum atomic E-state index is 13.9. The molecule has 0 saturated carbocycles. The molecular weight excluding hydrogens is 373 g/mol. The van der Waals surface area contributed by atoms with Crippen LogP contribution in [-0.2, 0) is 9.59 Å². The summed E-state index contributed by atoms with van der Waals surface area (Å²) in [4.78, 5) is 36.1. The minimum Gasteiger partial charge on any atom is -0.493 e. The molecule has 2 amide bonds. The van der Waals surface area contributed by atoms with Crippen LogP contribution in [0.1, 0.15) is 12.0 Å². The predicted molar refractivity (Wildman–Crippen MR) is 99.0 cm³/mol. The third kappa shape index (κ3) is 4.35. The van der Waals surface area contributed by atoms with E-state index in [-0.39, 0.29) is 23.6 Å². The number of carboxylic acid groups (broad SMARTS) is 1. The lowest BCUT2D eigenvalue weighted by atomic mass is 10.2. The van der Waals surface area contributed by atoms with Gasteiger partial charge in [-0.05, 0) is 47.7 Å². The number of carbonyl (C=O) groups excluding carboxylic acids is 2. The summed E-state index contributed by atoms with van der Waals surface area (Å²) in [5, 5.41) is 8.02. The number of carboxylic acids is 1. The highest BCUT2D eigenvalue weighted by molar-refractivity contribution is 8.19. The molecule has 27 heavy (non-hydrogen) atoms. The van der Waals surface area contributed by atoms with E-state index in [0.717, 1.165) is 16.7 Å². The second-order valence-electron chi connectivity index (χ2n) is 5.53. The number of carbonyl (C=O) groups is 3. The van der Waals surface area contributed by atoms with Gasteiger partial charge in [0.2, 0.25) is 0 Å². The minimum atomic E-state index is -0.947. The number of nitrogens with zero attached hydrogens (tertiary/aromatic N) is 1. The molecule has 0 radical (unpaired) electrons. The zero-order valence-corrected chi connectivity index (χ0v) is 14.7. The molecule has 0 spiro atoms. The Balaban J connectivity index is 1.74. The lowest BCUT2D eigenvalue weighted by Crippen LogP contribution is -2.28. The second kappa shape index (κ2) is 8.05. The van der Waals surface area contributed by atoms with Gasteiger partial charge in [-0.1, -0.05) is 24.3 Å². The van der Waals surface area contributed by atoms with Gasteiger partial charge in [-0.2, -0.15) is 0 Å². The average Bonchev–Trinajstić information content (AvgIpc) is 2.90. The highest BCUT2D eigenvalue weighted by Gasteiger charge is 2.37. The fraction of sp³-hybridized carbons (Fsp3) is 0.105. The van der Waals surface area contributed by atoms with Crippen LogP contribution in [0.25, 0.3) is 6.08 Å². The van der Waals surface area contributed by atoms with E-state index >= 15 is 0 Å². The zero-order chi connectivity index (χ0) is 19.4. The highest BCUT2D eigenvalue weighted by atomic mass is 32.2. The maximum Gasteiger partial charge on any atom is 0.306 e. The SMILES string of the molecule is O=C(O)CCOc1ccc(/C=C2/SC(=O)N(c3ccccc3F)C2=O)cc1. The van der Waals surface area contributed by atoms with Crippen LogP contribution in [-0.4, -0.2) is 28.8 Å². The Morgan fingerprint density at radius 2 is 1.85 bits per heavy atom. The molecule has 6 nitrogen and oxygen atoms in total. The number of hydrogen-bond donors (Lipinski definition) is 1. The summed E-state index contributed by atoms with van der Waals surface area (Å²) in [6, 6.07) is 12.2. The van der Waals surface area contributed by atoms with E-state index in [1.807, 2.05) is 0 Å². The van der Waals surface area contributed by atoms with Crippen LogP contribution in [0.3, 0.4) is 0 Å². The van der Waals surface area contributed by atoms with Crippen LogP contribution in [0.4, 0.5) is 14.9 Å². The van der Waals surface area contributed by atoms with E-state index in [1.165, 1.54) is 24.3 Å². The Kier molecular flexibility index (Phi) is 5.56. The fourth-order valence-electron chi connectivity index (χ4n) is 2.38. The highest BCUT2D eigenvalue weighted by Crippen LogP contribution is 2.36. The summed E-state index contributed by atoms with van der Waals surface area (Å²) >= 11 is 0.737. The van der Waals surface area contributed by atoms with E-state index < -0.39 is 22.9 Å². The number of aliphatic carboxylic acids is 1. The third-order valence-corrected chi connectivity index (χ3v) is 4.52. The number of hydrogen-bond acceptors (Lipinski definition) is 5. The first-order valence-electron chi connectivity index (χ1n) is 7.93. The van der Waals surface area contributed by atoms with Gasteiger partial charge in [-0.25, -0.2) is 9.29 Å². The molecule has 1 saturated heterocycles. The molecule has 1 fully saturated rings. The van der Waals surface area contributed by atoms with Crippen LogP contribution in [0.15, 0.2) is 53.4 Å². The fourth-order valence-corrected chi connectivity index (χ4v) is 3.21. The molecule has 0 bridgehead atoms. The van der Waals surface area contributed by atoms with E-state index in [9.17, 15) is 18.8 Å². The van der Waals surface area contributed by atoms with Gasteiger partial charge in [0.15, 0.2) is 0 Å². The van der Waals surface area contributed by atoms with Crippen molar-refractivity contribution in [2.45, 2.75) is 6.42 Å². The molecule has 1 N–H and O–H groups in total. The molecule has 0 unspecified atom stereocenters. The minimum absolute atomic E-state index is 0.0518. The van der Waals surface area contributed by atoms with Crippen molar-refractivity contribution < 1.29 is 28.6 Å². The van der Waals surface area contributed by atoms with Crippen molar-refractivity contribution >= 4 is 40.6 Å². The van der Waals surface area contributed by atoms with E-state index in [0.29, 0.717) is 11.3 Å². The number of halogens is 1. The first-order valence-corrected chi connectivity index (χ1v) is 8.74. The van der Waals surface area contributed by atoms with Gasteiger partial charge >= 0.3 is 5.97 Å². The first-order chi connectivity index (χ1) is 13.0. The van der Waals surface area contributed by atoms with Crippen molar-refractivity contribution in [3.63, 3.8) is 0 Å². The van der Waals surface area contributed by atoms with Crippen molar-refractivity contribution in [2.24, 2.45) is 0 Å². The summed E-state index contributed by atoms with van der Waals surface area (Å²) in [7, 11) is 0. The monoisotopic (exact) mass is 387 g/mol. The molecule has 0 aliphatic carbocycles. The van der Waals surface area contributed by atoms with Gasteiger partial charge in [0.25, 0.3) is 11.1 Å². The van der Waals surface area contributed by atoms with E-state index in [4.69, 9.17) is 9.84 Å². The average molecular weight is 387 g/mol.